The summed E-state index contributed by atoms with van der Waals surface area (Å²) in [5.41, 5.74) is 0.130. The van der Waals surface area contributed by atoms with E-state index in [1.165, 1.54) is 32.1 Å². The molecule has 96 valence electrons. The lowest BCUT2D eigenvalue weighted by Crippen LogP contribution is -2.36. The van der Waals surface area contributed by atoms with Gasteiger partial charge in [-0.05, 0) is 43.2 Å². The number of hydrogen-bond donors (Lipinski definition) is 1. The van der Waals surface area contributed by atoms with Gasteiger partial charge in [-0.25, -0.2) is 4.68 Å². The molecule has 0 saturated heterocycles. The zero-order valence-electron chi connectivity index (χ0n) is 10.9. The standard InChI is InChI=1S/C12H23N5/c1-3-9-13-10-11-14-15-16-17(11)12(2)7-5-4-6-8-12/h13H,3-10H2,1-2H3. The van der Waals surface area contributed by atoms with Crippen LogP contribution in [0.3, 0.4) is 0 Å². The second-order valence-electron chi connectivity index (χ2n) is 5.24. The minimum atomic E-state index is 0.130. The monoisotopic (exact) mass is 237 g/mol. The highest BCUT2D eigenvalue weighted by atomic mass is 15.6. The summed E-state index contributed by atoms with van der Waals surface area (Å²) in [6, 6.07) is 0. The summed E-state index contributed by atoms with van der Waals surface area (Å²) < 4.78 is 2.05. The van der Waals surface area contributed by atoms with E-state index >= 15 is 0 Å². The Morgan fingerprint density at radius 1 is 1.29 bits per heavy atom. The van der Waals surface area contributed by atoms with Crippen molar-refractivity contribution in [1.29, 1.82) is 0 Å². The first-order valence-electron chi connectivity index (χ1n) is 6.75. The van der Waals surface area contributed by atoms with Gasteiger partial charge in [-0.15, -0.1) is 5.10 Å². The molecule has 1 aromatic rings. The Hall–Kier alpha value is -0.970. The van der Waals surface area contributed by atoms with Gasteiger partial charge in [-0.3, -0.25) is 0 Å². The zero-order valence-corrected chi connectivity index (χ0v) is 10.9. The third-order valence-corrected chi connectivity index (χ3v) is 3.69. The Labute approximate surface area is 103 Å². The molecule has 1 N–H and O–H groups in total. The molecule has 1 aliphatic carbocycles. The summed E-state index contributed by atoms with van der Waals surface area (Å²) in [5, 5.41) is 15.6. The number of tetrazole rings is 1. The lowest BCUT2D eigenvalue weighted by atomic mass is 9.83. The van der Waals surface area contributed by atoms with Crippen LogP contribution < -0.4 is 5.32 Å². The Balaban J connectivity index is 2.06. The molecule has 0 spiro atoms. The Kier molecular flexibility index (Phi) is 4.10. The van der Waals surface area contributed by atoms with E-state index in [2.05, 4.69) is 39.4 Å². The maximum Gasteiger partial charge on any atom is 0.165 e. The van der Waals surface area contributed by atoms with Crippen molar-refractivity contribution < 1.29 is 0 Å². The van der Waals surface area contributed by atoms with Crippen LogP contribution in [0.1, 0.15) is 58.2 Å². The molecule has 2 rings (SSSR count). The SMILES string of the molecule is CCCNCc1nnnn1C1(C)CCCCC1. The van der Waals surface area contributed by atoms with Crippen LogP contribution in [0.5, 0.6) is 0 Å². The highest BCUT2D eigenvalue weighted by molar-refractivity contribution is 4.92. The molecule has 5 heteroatoms. The van der Waals surface area contributed by atoms with Gasteiger partial charge in [0.25, 0.3) is 0 Å². The first-order chi connectivity index (χ1) is 8.26. The summed E-state index contributed by atoms with van der Waals surface area (Å²) in [6.07, 6.45) is 7.45. The van der Waals surface area contributed by atoms with Crippen LogP contribution in [0.25, 0.3) is 0 Å². The van der Waals surface area contributed by atoms with Gasteiger partial charge in [0.1, 0.15) is 0 Å². The quantitative estimate of drug-likeness (QED) is 0.794. The Bertz CT molecular complexity index is 340. The number of hydrogen-bond acceptors (Lipinski definition) is 4. The van der Waals surface area contributed by atoms with E-state index in [-0.39, 0.29) is 5.54 Å². The molecule has 1 aliphatic rings. The van der Waals surface area contributed by atoms with E-state index < -0.39 is 0 Å². The summed E-state index contributed by atoms with van der Waals surface area (Å²) in [4.78, 5) is 0. The summed E-state index contributed by atoms with van der Waals surface area (Å²) in [5.74, 6) is 0.975. The van der Waals surface area contributed by atoms with Gasteiger partial charge in [0.15, 0.2) is 5.82 Å². The highest BCUT2D eigenvalue weighted by Crippen LogP contribution is 2.34. The molecule has 0 aliphatic heterocycles. The molecule has 0 bridgehead atoms. The first-order valence-corrected chi connectivity index (χ1v) is 6.75. The maximum atomic E-state index is 4.21. The Morgan fingerprint density at radius 2 is 2.06 bits per heavy atom. The van der Waals surface area contributed by atoms with Gasteiger partial charge >= 0.3 is 0 Å². The predicted molar refractivity (Wildman–Crippen MR) is 66.5 cm³/mol. The van der Waals surface area contributed by atoms with Crippen molar-refractivity contribution in [2.24, 2.45) is 0 Å². The molecule has 0 amide bonds. The van der Waals surface area contributed by atoms with Crippen LogP contribution in [-0.2, 0) is 12.1 Å². The van der Waals surface area contributed by atoms with E-state index in [1.54, 1.807) is 0 Å². The average Bonchev–Trinajstić information content (AvgIpc) is 2.79. The number of aromatic nitrogens is 4. The van der Waals surface area contributed by atoms with Crippen molar-refractivity contribution >= 4 is 0 Å². The van der Waals surface area contributed by atoms with Gasteiger partial charge in [-0.2, -0.15) is 0 Å². The van der Waals surface area contributed by atoms with Crippen molar-refractivity contribution in [3.63, 3.8) is 0 Å². The molecule has 1 fully saturated rings. The second-order valence-corrected chi connectivity index (χ2v) is 5.24. The van der Waals surface area contributed by atoms with Crippen molar-refractivity contribution in [1.82, 2.24) is 25.5 Å². The third kappa shape index (κ3) is 2.83. The molecule has 0 radical (unpaired) electrons. The molecule has 5 nitrogen and oxygen atoms in total. The third-order valence-electron chi connectivity index (χ3n) is 3.69. The van der Waals surface area contributed by atoms with Crippen molar-refractivity contribution in [2.75, 3.05) is 6.54 Å². The minimum Gasteiger partial charge on any atom is -0.310 e. The molecule has 0 aromatic carbocycles. The fourth-order valence-corrected chi connectivity index (χ4v) is 2.64. The first kappa shape index (κ1) is 12.5. The van der Waals surface area contributed by atoms with Crippen LogP contribution >= 0.6 is 0 Å². The molecule has 1 aromatic heterocycles. The molecule has 0 unspecified atom stereocenters. The van der Waals surface area contributed by atoms with E-state index in [1.807, 2.05) is 0 Å². The van der Waals surface area contributed by atoms with E-state index in [0.717, 1.165) is 25.3 Å². The van der Waals surface area contributed by atoms with Gasteiger partial charge in [0.2, 0.25) is 0 Å². The maximum absolute atomic E-state index is 4.21. The van der Waals surface area contributed by atoms with Crippen LogP contribution in [0.2, 0.25) is 0 Å². The summed E-state index contributed by atoms with van der Waals surface area (Å²) >= 11 is 0. The zero-order chi connectivity index (χ0) is 12.1. The summed E-state index contributed by atoms with van der Waals surface area (Å²) in [7, 11) is 0. The van der Waals surface area contributed by atoms with Crippen LogP contribution in [-0.4, -0.2) is 26.8 Å². The van der Waals surface area contributed by atoms with E-state index in [4.69, 9.17) is 0 Å². The normalized spacial score (nSPS) is 19.4. The molecule has 1 saturated carbocycles. The average molecular weight is 237 g/mol. The summed E-state index contributed by atoms with van der Waals surface area (Å²) in [6.45, 7) is 6.24. The van der Waals surface area contributed by atoms with Crippen molar-refractivity contribution in [2.45, 2.75) is 64.5 Å². The number of nitrogens with zero attached hydrogens (tertiary/aromatic N) is 4. The molecule has 17 heavy (non-hydrogen) atoms. The number of rotatable bonds is 5. The number of nitrogens with one attached hydrogen (secondary N) is 1. The van der Waals surface area contributed by atoms with Crippen LogP contribution in [0.4, 0.5) is 0 Å². The van der Waals surface area contributed by atoms with Gasteiger partial charge in [-0.1, -0.05) is 26.2 Å². The smallest absolute Gasteiger partial charge is 0.165 e. The van der Waals surface area contributed by atoms with Crippen LogP contribution in [0, 0.1) is 0 Å². The minimum absolute atomic E-state index is 0.130. The Morgan fingerprint density at radius 3 is 2.76 bits per heavy atom. The highest BCUT2D eigenvalue weighted by Gasteiger charge is 2.31. The van der Waals surface area contributed by atoms with Gasteiger partial charge < -0.3 is 5.32 Å². The molecule has 0 atom stereocenters. The van der Waals surface area contributed by atoms with E-state index in [9.17, 15) is 0 Å². The van der Waals surface area contributed by atoms with Crippen molar-refractivity contribution in [3.8, 4) is 0 Å². The molecule has 1 heterocycles. The van der Waals surface area contributed by atoms with E-state index in [0.29, 0.717) is 0 Å². The van der Waals surface area contributed by atoms with Gasteiger partial charge in [0.05, 0.1) is 12.1 Å². The topological polar surface area (TPSA) is 55.6 Å². The lowest BCUT2D eigenvalue weighted by molar-refractivity contribution is 0.188. The molecular formula is C12H23N5. The second kappa shape index (κ2) is 5.58. The molecular weight excluding hydrogens is 214 g/mol. The fraction of sp³-hybridized carbons (Fsp3) is 0.917. The fourth-order valence-electron chi connectivity index (χ4n) is 2.64. The van der Waals surface area contributed by atoms with Gasteiger partial charge in [0, 0.05) is 0 Å². The lowest BCUT2D eigenvalue weighted by Gasteiger charge is -2.34. The largest absolute Gasteiger partial charge is 0.310 e. The predicted octanol–water partition coefficient (Wildman–Crippen LogP) is 1.85. The van der Waals surface area contributed by atoms with Crippen LogP contribution in [0.15, 0.2) is 0 Å². The van der Waals surface area contributed by atoms with Crippen molar-refractivity contribution in [3.05, 3.63) is 5.82 Å².